The van der Waals surface area contributed by atoms with Gasteiger partial charge in [-0.15, -0.1) is 0 Å². The van der Waals surface area contributed by atoms with Gasteiger partial charge in [-0.3, -0.25) is 4.79 Å². The maximum absolute atomic E-state index is 12.3. The number of cyclic esters (lactones) is 1. The van der Waals surface area contributed by atoms with Crippen molar-refractivity contribution in [1.82, 2.24) is 0 Å². The lowest BCUT2D eigenvalue weighted by molar-refractivity contribution is -0.184. The number of carbonyl (C=O) groups is 1. The van der Waals surface area contributed by atoms with E-state index in [9.17, 15) is 4.79 Å². The van der Waals surface area contributed by atoms with E-state index in [2.05, 4.69) is 6.92 Å². The summed E-state index contributed by atoms with van der Waals surface area (Å²) in [5.74, 6) is 1.39. The molecule has 24 heavy (non-hydrogen) atoms. The maximum Gasteiger partial charge on any atom is 0.309 e. The fourth-order valence-corrected chi connectivity index (χ4v) is 6.61. The van der Waals surface area contributed by atoms with E-state index in [1.54, 1.807) is 6.26 Å². The van der Waals surface area contributed by atoms with E-state index >= 15 is 0 Å². The van der Waals surface area contributed by atoms with Crippen molar-refractivity contribution in [2.45, 2.75) is 51.6 Å². The van der Waals surface area contributed by atoms with Crippen LogP contribution in [0.15, 0.2) is 23.0 Å². The Morgan fingerprint density at radius 3 is 3.00 bits per heavy atom. The van der Waals surface area contributed by atoms with Gasteiger partial charge in [-0.2, -0.15) is 0 Å². The van der Waals surface area contributed by atoms with Gasteiger partial charge in [0.15, 0.2) is 0 Å². The fraction of sp³-hybridized carbons (Fsp3) is 0.750. The molecule has 1 spiro atoms. The van der Waals surface area contributed by atoms with Crippen molar-refractivity contribution >= 4 is 5.97 Å². The second-order valence-electron chi connectivity index (χ2n) is 8.70. The summed E-state index contributed by atoms with van der Waals surface area (Å²) in [5.41, 5.74) is 1.48. The van der Waals surface area contributed by atoms with Crippen molar-refractivity contribution in [3.05, 3.63) is 24.2 Å². The zero-order valence-corrected chi connectivity index (χ0v) is 14.3. The lowest BCUT2D eigenvalue weighted by atomic mass is 9.44. The van der Waals surface area contributed by atoms with Gasteiger partial charge >= 0.3 is 5.97 Å². The van der Waals surface area contributed by atoms with E-state index in [0.29, 0.717) is 18.4 Å². The monoisotopic (exact) mass is 330 g/mol. The Morgan fingerprint density at radius 1 is 1.25 bits per heavy atom. The van der Waals surface area contributed by atoms with Gasteiger partial charge in [0.25, 0.3) is 0 Å². The Morgan fingerprint density at radius 2 is 2.17 bits per heavy atom. The number of ether oxygens (including phenoxy) is 2. The molecule has 0 aromatic carbocycles. The SMILES string of the molecule is C[C@]12C[C@H](c3ccoc3)OC[C@@H]1CC[C@@]13COC(=O)[C@H]1CCC[C@H]23. The van der Waals surface area contributed by atoms with E-state index in [4.69, 9.17) is 13.9 Å². The summed E-state index contributed by atoms with van der Waals surface area (Å²) in [4.78, 5) is 12.3. The molecule has 1 aromatic heterocycles. The van der Waals surface area contributed by atoms with Gasteiger partial charge in [0.05, 0.1) is 37.8 Å². The van der Waals surface area contributed by atoms with Crippen molar-refractivity contribution in [3.8, 4) is 0 Å². The summed E-state index contributed by atoms with van der Waals surface area (Å²) >= 11 is 0. The van der Waals surface area contributed by atoms with Crippen LogP contribution in [-0.2, 0) is 14.3 Å². The van der Waals surface area contributed by atoms with Crippen molar-refractivity contribution < 1.29 is 18.7 Å². The van der Waals surface area contributed by atoms with E-state index in [-0.39, 0.29) is 28.8 Å². The van der Waals surface area contributed by atoms with Crippen molar-refractivity contribution in [2.24, 2.45) is 28.6 Å². The van der Waals surface area contributed by atoms with Gasteiger partial charge in [0, 0.05) is 11.0 Å². The lowest BCUT2D eigenvalue weighted by Gasteiger charge is -2.61. The van der Waals surface area contributed by atoms with Gasteiger partial charge < -0.3 is 13.9 Å². The quantitative estimate of drug-likeness (QED) is 0.727. The van der Waals surface area contributed by atoms with Gasteiger partial charge in [0.2, 0.25) is 0 Å². The molecule has 4 nitrogen and oxygen atoms in total. The van der Waals surface area contributed by atoms with Crippen LogP contribution in [-0.4, -0.2) is 19.2 Å². The Hall–Kier alpha value is -1.29. The number of rotatable bonds is 1. The van der Waals surface area contributed by atoms with Gasteiger partial charge in [-0.05, 0) is 55.4 Å². The number of furan rings is 1. The number of hydrogen-bond donors (Lipinski definition) is 0. The van der Waals surface area contributed by atoms with Crippen molar-refractivity contribution in [1.29, 1.82) is 0 Å². The van der Waals surface area contributed by atoms with Crippen LogP contribution in [0.3, 0.4) is 0 Å². The van der Waals surface area contributed by atoms with Crippen LogP contribution in [0, 0.1) is 28.6 Å². The molecule has 2 saturated carbocycles. The van der Waals surface area contributed by atoms with Gasteiger partial charge in [-0.25, -0.2) is 0 Å². The molecule has 130 valence electrons. The average Bonchev–Trinajstić information content (AvgIpc) is 3.22. The van der Waals surface area contributed by atoms with Crippen LogP contribution in [0.2, 0.25) is 0 Å². The molecular weight excluding hydrogens is 304 g/mol. The Bertz CT molecular complexity index is 638. The molecule has 0 amide bonds. The fourth-order valence-electron chi connectivity index (χ4n) is 6.61. The third-order valence-electron chi connectivity index (χ3n) is 7.87. The van der Waals surface area contributed by atoms with E-state index in [1.165, 1.54) is 6.42 Å². The predicted octanol–water partition coefficient (Wildman–Crippen LogP) is 4.12. The van der Waals surface area contributed by atoms with Gasteiger partial charge in [-0.1, -0.05) is 13.3 Å². The second-order valence-corrected chi connectivity index (χ2v) is 8.70. The first-order valence-corrected chi connectivity index (χ1v) is 9.44. The third kappa shape index (κ3) is 1.86. The first-order chi connectivity index (χ1) is 11.6. The molecule has 4 fully saturated rings. The molecule has 6 atom stereocenters. The maximum atomic E-state index is 12.3. The molecule has 0 bridgehead atoms. The van der Waals surface area contributed by atoms with E-state index < -0.39 is 0 Å². The Labute approximate surface area is 142 Å². The van der Waals surface area contributed by atoms with Crippen LogP contribution in [0.25, 0.3) is 0 Å². The van der Waals surface area contributed by atoms with Crippen LogP contribution < -0.4 is 0 Å². The summed E-state index contributed by atoms with van der Waals surface area (Å²) in [6.45, 7) is 3.95. The average molecular weight is 330 g/mol. The molecule has 4 aliphatic rings. The van der Waals surface area contributed by atoms with Crippen molar-refractivity contribution in [2.75, 3.05) is 13.2 Å². The largest absolute Gasteiger partial charge is 0.472 e. The number of carbonyl (C=O) groups excluding carboxylic acids is 1. The van der Waals surface area contributed by atoms with Crippen LogP contribution in [0.1, 0.15) is 57.1 Å². The molecule has 0 unspecified atom stereocenters. The highest BCUT2D eigenvalue weighted by Gasteiger charge is 2.65. The van der Waals surface area contributed by atoms with Crippen molar-refractivity contribution in [3.63, 3.8) is 0 Å². The topological polar surface area (TPSA) is 48.7 Å². The van der Waals surface area contributed by atoms with Gasteiger partial charge in [0.1, 0.15) is 0 Å². The summed E-state index contributed by atoms with van der Waals surface area (Å²) in [5, 5.41) is 0. The molecule has 1 aromatic rings. The molecule has 4 heteroatoms. The molecular formula is C20H26O4. The number of hydrogen-bond acceptors (Lipinski definition) is 4. The minimum Gasteiger partial charge on any atom is -0.472 e. The zero-order valence-electron chi connectivity index (χ0n) is 14.3. The normalized spacial score (nSPS) is 47.5. The third-order valence-corrected chi connectivity index (χ3v) is 7.87. The molecule has 0 N–H and O–H groups in total. The summed E-state index contributed by atoms with van der Waals surface area (Å²) in [6.07, 6.45) is 10.4. The van der Waals surface area contributed by atoms with Crippen LogP contribution in [0.5, 0.6) is 0 Å². The first-order valence-electron chi connectivity index (χ1n) is 9.44. The standard InChI is InChI=1S/C20H26O4/c1-19-9-16(13-6-8-22-10-13)23-11-14(19)5-7-20-12-24-18(21)15(20)3-2-4-17(19)20/h6,8,10,14-17H,2-5,7,9,11-12H2,1H3/t14-,15+,16+,17+,19-,20+/m0/s1. The summed E-state index contributed by atoms with van der Waals surface area (Å²) in [6, 6.07) is 2.03. The predicted molar refractivity (Wildman–Crippen MR) is 87.1 cm³/mol. The van der Waals surface area contributed by atoms with E-state index in [1.807, 2.05) is 12.3 Å². The first kappa shape index (κ1) is 15.0. The molecule has 3 heterocycles. The molecule has 2 aliphatic heterocycles. The zero-order chi connectivity index (χ0) is 16.4. The molecule has 2 aliphatic carbocycles. The molecule has 0 radical (unpaired) electrons. The van der Waals surface area contributed by atoms with Crippen LogP contribution in [0.4, 0.5) is 0 Å². The number of esters is 1. The Kier molecular flexibility index (Phi) is 3.19. The van der Waals surface area contributed by atoms with E-state index in [0.717, 1.165) is 44.3 Å². The highest BCUT2D eigenvalue weighted by Crippen LogP contribution is 2.67. The molecule has 2 saturated heterocycles. The summed E-state index contributed by atoms with van der Waals surface area (Å²) < 4.78 is 17.1. The minimum absolute atomic E-state index is 0.0696. The van der Waals surface area contributed by atoms with Crippen LogP contribution >= 0.6 is 0 Å². The summed E-state index contributed by atoms with van der Waals surface area (Å²) in [7, 11) is 0. The smallest absolute Gasteiger partial charge is 0.309 e. The highest BCUT2D eigenvalue weighted by atomic mass is 16.5. The lowest BCUT2D eigenvalue weighted by Crippen LogP contribution is -2.57. The highest BCUT2D eigenvalue weighted by molar-refractivity contribution is 5.76. The second kappa shape index (κ2) is 5.10. The number of fused-ring (bicyclic) bond motifs is 2. The molecule has 5 rings (SSSR count). The minimum atomic E-state index is 0.0696. The Balaban J connectivity index is 1.51.